The first-order chi connectivity index (χ1) is 11.6. The SMILES string of the molecule is O=C(NCc1ccc(F)cc1F)c1ccccc1-c1ccccc1. The highest BCUT2D eigenvalue weighted by atomic mass is 19.1. The molecule has 0 atom stereocenters. The van der Waals surface area contributed by atoms with Crippen molar-refractivity contribution in [3.8, 4) is 11.1 Å². The Balaban J connectivity index is 1.81. The quantitative estimate of drug-likeness (QED) is 0.749. The fourth-order valence-corrected chi connectivity index (χ4v) is 2.49. The fourth-order valence-electron chi connectivity index (χ4n) is 2.49. The Morgan fingerprint density at radius 1 is 0.875 bits per heavy atom. The molecule has 0 aromatic heterocycles. The number of carbonyl (C=O) groups excluding carboxylic acids is 1. The number of amides is 1. The molecule has 3 rings (SSSR count). The zero-order valence-electron chi connectivity index (χ0n) is 12.8. The summed E-state index contributed by atoms with van der Waals surface area (Å²) in [5.74, 6) is -1.62. The number of rotatable bonds is 4. The van der Waals surface area contributed by atoms with E-state index in [4.69, 9.17) is 0 Å². The van der Waals surface area contributed by atoms with Gasteiger partial charge in [-0.15, -0.1) is 0 Å². The van der Waals surface area contributed by atoms with E-state index in [1.54, 1.807) is 12.1 Å². The fraction of sp³-hybridized carbons (Fsp3) is 0.0500. The van der Waals surface area contributed by atoms with Crippen LogP contribution in [0.2, 0.25) is 0 Å². The molecule has 0 spiro atoms. The Labute approximate surface area is 138 Å². The highest BCUT2D eigenvalue weighted by Crippen LogP contribution is 2.23. The van der Waals surface area contributed by atoms with Crippen LogP contribution in [0.5, 0.6) is 0 Å². The van der Waals surface area contributed by atoms with E-state index in [2.05, 4.69) is 5.32 Å². The van der Waals surface area contributed by atoms with E-state index in [9.17, 15) is 13.6 Å². The van der Waals surface area contributed by atoms with Gasteiger partial charge in [0.1, 0.15) is 11.6 Å². The van der Waals surface area contributed by atoms with Gasteiger partial charge in [-0.3, -0.25) is 4.79 Å². The van der Waals surface area contributed by atoms with Crippen LogP contribution in [0.3, 0.4) is 0 Å². The maximum absolute atomic E-state index is 13.7. The smallest absolute Gasteiger partial charge is 0.252 e. The molecule has 1 amide bonds. The third-order valence-corrected chi connectivity index (χ3v) is 3.71. The highest BCUT2D eigenvalue weighted by molar-refractivity contribution is 6.00. The van der Waals surface area contributed by atoms with Crippen LogP contribution in [0.25, 0.3) is 11.1 Å². The third-order valence-electron chi connectivity index (χ3n) is 3.71. The summed E-state index contributed by atoms with van der Waals surface area (Å²) in [6.07, 6.45) is 0. The van der Waals surface area contributed by atoms with Gasteiger partial charge in [-0.25, -0.2) is 8.78 Å². The molecule has 0 aliphatic heterocycles. The van der Waals surface area contributed by atoms with E-state index < -0.39 is 11.6 Å². The molecule has 3 aromatic carbocycles. The van der Waals surface area contributed by atoms with Gasteiger partial charge in [-0.1, -0.05) is 54.6 Å². The van der Waals surface area contributed by atoms with Crippen molar-refractivity contribution in [2.75, 3.05) is 0 Å². The first kappa shape index (κ1) is 15.9. The van der Waals surface area contributed by atoms with Crippen LogP contribution in [-0.2, 0) is 6.54 Å². The Hall–Kier alpha value is -3.01. The minimum atomic E-state index is -0.674. The van der Waals surface area contributed by atoms with Crippen molar-refractivity contribution in [2.24, 2.45) is 0 Å². The zero-order valence-corrected chi connectivity index (χ0v) is 12.8. The highest BCUT2D eigenvalue weighted by Gasteiger charge is 2.13. The van der Waals surface area contributed by atoms with Crippen LogP contribution in [0.15, 0.2) is 72.8 Å². The van der Waals surface area contributed by atoms with Crippen molar-refractivity contribution in [3.63, 3.8) is 0 Å². The maximum atomic E-state index is 13.7. The molecule has 4 heteroatoms. The van der Waals surface area contributed by atoms with Crippen LogP contribution in [0, 0.1) is 11.6 Å². The maximum Gasteiger partial charge on any atom is 0.252 e. The second-order valence-corrected chi connectivity index (χ2v) is 5.33. The monoisotopic (exact) mass is 323 g/mol. The predicted molar refractivity (Wildman–Crippen MR) is 89.4 cm³/mol. The van der Waals surface area contributed by atoms with Crippen molar-refractivity contribution in [3.05, 3.63) is 95.6 Å². The lowest BCUT2D eigenvalue weighted by atomic mass is 9.99. The molecule has 120 valence electrons. The van der Waals surface area contributed by atoms with E-state index in [-0.39, 0.29) is 18.0 Å². The van der Waals surface area contributed by atoms with Gasteiger partial charge in [0.25, 0.3) is 5.91 Å². The van der Waals surface area contributed by atoms with Gasteiger partial charge in [0.05, 0.1) is 0 Å². The zero-order chi connectivity index (χ0) is 16.9. The molecule has 2 nitrogen and oxygen atoms in total. The molecule has 0 heterocycles. The number of hydrogen-bond acceptors (Lipinski definition) is 1. The summed E-state index contributed by atoms with van der Waals surface area (Å²) in [4.78, 5) is 12.5. The second kappa shape index (κ2) is 7.04. The normalized spacial score (nSPS) is 10.4. The molecule has 24 heavy (non-hydrogen) atoms. The van der Waals surface area contributed by atoms with Crippen LogP contribution in [-0.4, -0.2) is 5.91 Å². The molecule has 0 aliphatic carbocycles. The number of nitrogens with one attached hydrogen (secondary N) is 1. The molecule has 0 aliphatic rings. The summed E-state index contributed by atoms with van der Waals surface area (Å²) in [7, 11) is 0. The number of hydrogen-bond donors (Lipinski definition) is 1. The molecule has 0 saturated carbocycles. The van der Waals surface area contributed by atoms with E-state index in [1.165, 1.54) is 12.1 Å². The minimum absolute atomic E-state index is 0.00588. The number of carbonyl (C=O) groups is 1. The number of benzene rings is 3. The molecule has 0 radical (unpaired) electrons. The van der Waals surface area contributed by atoms with Crippen molar-refractivity contribution in [1.29, 1.82) is 0 Å². The summed E-state index contributed by atoms with van der Waals surface area (Å²) in [6, 6.07) is 20.1. The Kier molecular flexibility index (Phi) is 4.66. The van der Waals surface area contributed by atoms with Gasteiger partial charge in [-0.05, 0) is 23.3 Å². The Bertz CT molecular complexity index is 863. The summed E-state index contributed by atoms with van der Waals surface area (Å²) in [5, 5.41) is 2.68. The first-order valence-corrected chi connectivity index (χ1v) is 7.52. The minimum Gasteiger partial charge on any atom is -0.348 e. The van der Waals surface area contributed by atoms with Gasteiger partial charge in [0, 0.05) is 23.7 Å². The first-order valence-electron chi connectivity index (χ1n) is 7.52. The lowest BCUT2D eigenvalue weighted by Gasteiger charge is -2.11. The topological polar surface area (TPSA) is 29.1 Å². The molecule has 3 aromatic rings. The number of halogens is 2. The van der Waals surface area contributed by atoms with Crippen LogP contribution in [0.1, 0.15) is 15.9 Å². The van der Waals surface area contributed by atoms with E-state index in [0.29, 0.717) is 5.56 Å². The van der Waals surface area contributed by atoms with Gasteiger partial charge < -0.3 is 5.32 Å². The summed E-state index contributed by atoms with van der Waals surface area (Å²) in [6.45, 7) is -0.00588. The molecule has 0 bridgehead atoms. The average Bonchev–Trinajstić information content (AvgIpc) is 2.61. The summed E-state index contributed by atoms with van der Waals surface area (Å²) >= 11 is 0. The predicted octanol–water partition coefficient (Wildman–Crippen LogP) is 4.56. The van der Waals surface area contributed by atoms with Gasteiger partial charge in [0.15, 0.2) is 0 Å². The van der Waals surface area contributed by atoms with Crippen LogP contribution >= 0.6 is 0 Å². The van der Waals surface area contributed by atoms with Crippen molar-refractivity contribution in [1.82, 2.24) is 5.32 Å². The third kappa shape index (κ3) is 3.49. The van der Waals surface area contributed by atoms with E-state index in [1.807, 2.05) is 42.5 Å². The van der Waals surface area contributed by atoms with Crippen molar-refractivity contribution >= 4 is 5.91 Å². The lowest BCUT2D eigenvalue weighted by Crippen LogP contribution is -2.24. The van der Waals surface area contributed by atoms with Crippen LogP contribution < -0.4 is 5.32 Å². The van der Waals surface area contributed by atoms with E-state index >= 15 is 0 Å². The van der Waals surface area contributed by atoms with Gasteiger partial charge in [-0.2, -0.15) is 0 Å². The Morgan fingerprint density at radius 3 is 2.33 bits per heavy atom. The summed E-state index contributed by atoms with van der Waals surface area (Å²) in [5.41, 5.74) is 2.47. The molecule has 1 N–H and O–H groups in total. The molecule has 0 fully saturated rings. The summed E-state index contributed by atoms with van der Waals surface area (Å²) < 4.78 is 26.6. The molecule has 0 unspecified atom stereocenters. The van der Waals surface area contributed by atoms with Gasteiger partial charge in [0.2, 0.25) is 0 Å². The molecule has 0 saturated heterocycles. The molecular formula is C20H15F2NO. The van der Waals surface area contributed by atoms with Crippen molar-refractivity contribution in [2.45, 2.75) is 6.54 Å². The Morgan fingerprint density at radius 2 is 1.58 bits per heavy atom. The lowest BCUT2D eigenvalue weighted by molar-refractivity contribution is 0.0951. The van der Waals surface area contributed by atoms with Crippen molar-refractivity contribution < 1.29 is 13.6 Å². The van der Waals surface area contributed by atoms with Gasteiger partial charge >= 0.3 is 0 Å². The standard InChI is InChI=1S/C20H15F2NO/c21-16-11-10-15(19(22)12-16)13-23-20(24)18-9-5-4-8-17(18)14-6-2-1-3-7-14/h1-12H,13H2,(H,23,24). The average molecular weight is 323 g/mol. The molecular weight excluding hydrogens is 308 g/mol. The second-order valence-electron chi connectivity index (χ2n) is 5.33. The van der Waals surface area contributed by atoms with E-state index in [0.717, 1.165) is 17.2 Å². The largest absolute Gasteiger partial charge is 0.348 e. The van der Waals surface area contributed by atoms with Crippen LogP contribution in [0.4, 0.5) is 8.78 Å².